The zero-order chi connectivity index (χ0) is 12.1. The highest BCUT2D eigenvalue weighted by atomic mass is 15.1. The smallest absolute Gasteiger partial charge is 0.0426 e. The quantitative estimate of drug-likeness (QED) is 0.763. The normalized spacial score (nSPS) is 10.2. The molecule has 0 aromatic heterocycles. The molecular formula is C16H19N. The van der Waals surface area contributed by atoms with Gasteiger partial charge in [0, 0.05) is 19.3 Å². The molecule has 2 aromatic carbocycles. The number of aryl methyl sites for hydroxylation is 1. The Morgan fingerprint density at radius 1 is 0.882 bits per heavy atom. The third-order valence-corrected chi connectivity index (χ3v) is 3.05. The Balaban J connectivity index is 2.17. The molecule has 0 fully saturated rings. The summed E-state index contributed by atoms with van der Waals surface area (Å²) >= 11 is 0. The minimum Gasteiger partial charge on any atom is -0.370 e. The first-order chi connectivity index (χ1) is 8.31. The summed E-state index contributed by atoms with van der Waals surface area (Å²) in [5.74, 6) is 0. The summed E-state index contributed by atoms with van der Waals surface area (Å²) in [5, 5.41) is 0. The average molecular weight is 225 g/mol. The van der Waals surface area contributed by atoms with Gasteiger partial charge < -0.3 is 4.90 Å². The number of rotatable bonds is 4. The van der Waals surface area contributed by atoms with E-state index in [0.29, 0.717) is 0 Å². The van der Waals surface area contributed by atoms with Crippen molar-refractivity contribution in [3.8, 4) is 0 Å². The number of hydrogen-bond donors (Lipinski definition) is 0. The Bertz CT molecular complexity index is 462. The van der Waals surface area contributed by atoms with Gasteiger partial charge >= 0.3 is 0 Å². The molecule has 88 valence electrons. The molecule has 0 saturated carbocycles. The van der Waals surface area contributed by atoms with Crippen LogP contribution in [0.1, 0.15) is 18.1 Å². The van der Waals surface area contributed by atoms with Crippen LogP contribution in [0.2, 0.25) is 0 Å². The first-order valence-electron chi connectivity index (χ1n) is 6.14. The summed E-state index contributed by atoms with van der Waals surface area (Å²) in [6, 6.07) is 19.2. The zero-order valence-electron chi connectivity index (χ0n) is 10.6. The van der Waals surface area contributed by atoms with Crippen molar-refractivity contribution in [2.24, 2.45) is 0 Å². The summed E-state index contributed by atoms with van der Waals surface area (Å²) in [6.07, 6.45) is 1.08. The highest BCUT2D eigenvalue weighted by Gasteiger charge is 2.05. The Hall–Kier alpha value is -1.76. The van der Waals surface area contributed by atoms with E-state index < -0.39 is 0 Å². The van der Waals surface area contributed by atoms with Gasteiger partial charge in [-0.15, -0.1) is 0 Å². The molecular weight excluding hydrogens is 206 g/mol. The molecule has 0 aliphatic rings. The molecule has 2 aromatic rings. The first kappa shape index (κ1) is 11.7. The second-order valence-corrected chi connectivity index (χ2v) is 4.32. The third kappa shape index (κ3) is 2.88. The number of benzene rings is 2. The first-order valence-corrected chi connectivity index (χ1v) is 6.14. The second-order valence-electron chi connectivity index (χ2n) is 4.32. The highest BCUT2D eigenvalue weighted by molar-refractivity contribution is 5.53. The average Bonchev–Trinajstić information content (AvgIpc) is 2.40. The Kier molecular flexibility index (Phi) is 3.81. The lowest BCUT2D eigenvalue weighted by atomic mass is 10.1. The van der Waals surface area contributed by atoms with Gasteiger partial charge in [-0.05, 0) is 23.6 Å². The van der Waals surface area contributed by atoms with Gasteiger partial charge in [-0.25, -0.2) is 0 Å². The van der Waals surface area contributed by atoms with Gasteiger partial charge in [-0.3, -0.25) is 0 Å². The van der Waals surface area contributed by atoms with Crippen molar-refractivity contribution < 1.29 is 0 Å². The van der Waals surface area contributed by atoms with Crippen LogP contribution < -0.4 is 4.90 Å². The van der Waals surface area contributed by atoms with Crippen molar-refractivity contribution in [2.45, 2.75) is 19.9 Å². The highest BCUT2D eigenvalue weighted by Crippen LogP contribution is 2.21. The van der Waals surface area contributed by atoms with E-state index in [1.165, 1.54) is 16.8 Å². The molecule has 1 nitrogen and oxygen atoms in total. The Morgan fingerprint density at radius 3 is 2.24 bits per heavy atom. The van der Waals surface area contributed by atoms with Crippen LogP contribution in [0.15, 0.2) is 54.6 Å². The van der Waals surface area contributed by atoms with E-state index in [1.807, 2.05) is 0 Å². The zero-order valence-corrected chi connectivity index (χ0v) is 10.6. The fraction of sp³-hybridized carbons (Fsp3) is 0.250. The van der Waals surface area contributed by atoms with E-state index in [0.717, 1.165) is 13.0 Å². The standard InChI is InChI=1S/C16H19N/c1-3-15-11-7-8-12-16(15)17(2)13-14-9-5-4-6-10-14/h4-12H,3,13H2,1-2H3. The van der Waals surface area contributed by atoms with Crippen LogP contribution in [0.3, 0.4) is 0 Å². The summed E-state index contributed by atoms with van der Waals surface area (Å²) in [7, 11) is 2.15. The van der Waals surface area contributed by atoms with Gasteiger partial charge in [-0.2, -0.15) is 0 Å². The van der Waals surface area contributed by atoms with E-state index in [9.17, 15) is 0 Å². The molecule has 0 aliphatic heterocycles. The molecule has 0 radical (unpaired) electrons. The predicted molar refractivity (Wildman–Crippen MR) is 74.4 cm³/mol. The van der Waals surface area contributed by atoms with Crippen LogP contribution in [-0.2, 0) is 13.0 Å². The lowest BCUT2D eigenvalue weighted by Crippen LogP contribution is -2.17. The summed E-state index contributed by atoms with van der Waals surface area (Å²) in [6.45, 7) is 3.16. The van der Waals surface area contributed by atoms with Gasteiger partial charge in [0.2, 0.25) is 0 Å². The van der Waals surface area contributed by atoms with E-state index >= 15 is 0 Å². The number of para-hydroxylation sites is 1. The number of anilines is 1. The maximum Gasteiger partial charge on any atom is 0.0426 e. The Morgan fingerprint density at radius 2 is 1.53 bits per heavy atom. The van der Waals surface area contributed by atoms with Gasteiger partial charge in [0.25, 0.3) is 0 Å². The van der Waals surface area contributed by atoms with Gasteiger partial charge in [0.05, 0.1) is 0 Å². The molecule has 0 N–H and O–H groups in total. The monoisotopic (exact) mass is 225 g/mol. The van der Waals surface area contributed by atoms with Crippen LogP contribution in [0, 0.1) is 0 Å². The van der Waals surface area contributed by atoms with Crippen molar-refractivity contribution in [2.75, 3.05) is 11.9 Å². The maximum atomic E-state index is 2.31. The number of hydrogen-bond acceptors (Lipinski definition) is 1. The molecule has 2 rings (SSSR count). The molecule has 0 bridgehead atoms. The molecule has 0 atom stereocenters. The SMILES string of the molecule is CCc1ccccc1N(C)Cc1ccccc1. The molecule has 0 unspecified atom stereocenters. The minimum absolute atomic E-state index is 0.956. The predicted octanol–water partition coefficient (Wildman–Crippen LogP) is 3.89. The van der Waals surface area contributed by atoms with Crippen molar-refractivity contribution in [3.05, 3.63) is 65.7 Å². The number of nitrogens with zero attached hydrogens (tertiary/aromatic N) is 1. The van der Waals surface area contributed by atoms with Gasteiger partial charge in [-0.1, -0.05) is 55.5 Å². The summed E-state index contributed by atoms with van der Waals surface area (Å²) < 4.78 is 0. The fourth-order valence-corrected chi connectivity index (χ4v) is 2.12. The largest absolute Gasteiger partial charge is 0.370 e. The third-order valence-electron chi connectivity index (χ3n) is 3.05. The topological polar surface area (TPSA) is 3.24 Å². The van der Waals surface area contributed by atoms with Crippen LogP contribution in [0.5, 0.6) is 0 Å². The van der Waals surface area contributed by atoms with Crippen molar-refractivity contribution in [3.63, 3.8) is 0 Å². The van der Waals surface area contributed by atoms with Crippen LogP contribution in [0.25, 0.3) is 0 Å². The molecule has 0 aliphatic carbocycles. The molecule has 17 heavy (non-hydrogen) atoms. The lowest BCUT2D eigenvalue weighted by molar-refractivity contribution is 0.908. The summed E-state index contributed by atoms with van der Waals surface area (Å²) in [4.78, 5) is 2.31. The minimum atomic E-state index is 0.956. The molecule has 1 heteroatoms. The van der Waals surface area contributed by atoms with Crippen LogP contribution in [0.4, 0.5) is 5.69 Å². The molecule has 0 heterocycles. The molecule has 0 saturated heterocycles. The maximum absolute atomic E-state index is 2.31. The second kappa shape index (κ2) is 5.53. The van der Waals surface area contributed by atoms with Crippen LogP contribution >= 0.6 is 0 Å². The van der Waals surface area contributed by atoms with Gasteiger partial charge in [0.1, 0.15) is 0 Å². The van der Waals surface area contributed by atoms with Crippen LogP contribution in [-0.4, -0.2) is 7.05 Å². The van der Waals surface area contributed by atoms with E-state index in [4.69, 9.17) is 0 Å². The molecule has 0 spiro atoms. The fourth-order valence-electron chi connectivity index (χ4n) is 2.12. The Labute approximate surface area is 104 Å². The molecule has 0 amide bonds. The lowest BCUT2D eigenvalue weighted by Gasteiger charge is -2.22. The van der Waals surface area contributed by atoms with E-state index in [2.05, 4.69) is 73.5 Å². The van der Waals surface area contributed by atoms with Crippen molar-refractivity contribution in [1.82, 2.24) is 0 Å². The summed E-state index contributed by atoms with van der Waals surface area (Å²) in [5.41, 5.74) is 4.09. The van der Waals surface area contributed by atoms with E-state index in [1.54, 1.807) is 0 Å². The van der Waals surface area contributed by atoms with Gasteiger partial charge in [0.15, 0.2) is 0 Å². The van der Waals surface area contributed by atoms with E-state index in [-0.39, 0.29) is 0 Å². The van der Waals surface area contributed by atoms with Crippen molar-refractivity contribution >= 4 is 5.69 Å². The van der Waals surface area contributed by atoms with Crippen molar-refractivity contribution in [1.29, 1.82) is 0 Å².